The van der Waals surface area contributed by atoms with Crippen LogP contribution in [0.2, 0.25) is 0 Å². The van der Waals surface area contributed by atoms with Crippen molar-refractivity contribution in [3.05, 3.63) is 71.4 Å². The molecule has 2 aromatic carbocycles. The molecule has 6 nitrogen and oxygen atoms in total. The van der Waals surface area contributed by atoms with Gasteiger partial charge in [0.05, 0.1) is 12.7 Å². The van der Waals surface area contributed by atoms with E-state index in [2.05, 4.69) is 16.7 Å². The van der Waals surface area contributed by atoms with Crippen LogP contribution < -0.4 is 4.74 Å². The van der Waals surface area contributed by atoms with Crippen LogP contribution in [0.5, 0.6) is 5.75 Å². The van der Waals surface area contributed by atoms with Crippen molar-refractivity contribution in [1.29, 1.82) is 0 Å². The number of carbonyl (C=O) groups is 2. The molecule has 0 spiro atoms. The van der Waals surface area contributed by atoms with E-state index in [1.165, 1.54) is 4.90 Å². The number of imide groups is 1. The highest BCUT2D eigenvalue weighted by Crippen LogP contribution is 2.32. The normalized spacial score (nSPS) is 17.6. The van der Waals surface area contributed by atoms with Crippen LogP contribution in [0.25, 0.3) is 5.57 Å². The molecule has 0 aromatic heterocycles. The van der Waals surface area contributed by atoms with Gasteiger partial charge in [-0.05, 0) is 36.2 Å². The average Bonchev–Trinajstić information content (AvgIpc) is 3.08. The van der Waals surface area contributed by atoms with Crippen molar-refractivity contribution >= 4 is 17.4 Å². The van der Waals surface area contributed by atoms with Gasteiger partial charge in [-0.1, -0.05) is 49.4 Å². The quantitative estimate of drug-likeness (QED) is 0.646. The summed E-state index contributed by atoms with van der Waals surface area (Å²) in [7, 11) is 1.63. The van der Waals surface area contributed by atoms with Gasteiger partial charge >= 0.3 is 0 Å². The maximum atomic E-state index is 13.4. The fourth-order valence-corrected chi connectivity index (χ4v) is 4.25. The van der Waals surface area contributed by atoms with E-state index in [0.717, 1.165) is 49.6 Å². The summed E-state index contributed by atoms with van der Waals surface area (Å²) in [6, 6.07) is 17.3. The van der Waals surface area contributed by atoms with Crippen molar-refractivity contribution < 1.29 is 14.3 Å². The van der Waals surface area contributed by atoms with Crippen LogP contribution in [0, 0.1) is 0 Å². The first-order valence-corrected chi connectivity index (χ1v) is 10.9. The zero-order valence-corrected chi connectivity index (χ0v) is 18.2. The number of hydrogen-bond acceptors (Lipinski definition) is 5. The molecule has 0 aliphatic carbocycles. The maximum absolute atomic E-state index is 13.4. The van der Waals surface area contributed by atoms with E-state index < -0.39 is 0 Å². The molecular weight excluding hydrogens is 390 g/mol. The van der Waals surface area contributed by atoms with Gasteiger partial charge in [0.15, 0.2) is 0 Å². The van der Waals surface area contributed by atoms with Gasteiger partial charge in [-0.2, -0.15) is 0 Å². The molecule has 1 fully saturated rings. The van der Waals surface area contributed by atoms with Crippen molar-refractivity contribution in [1.82, 2.24) is 14.7 Å². The monoisotopic (exact) mass is 419 g/mol. The SMILES string of the molecule is CCN1CCN(C2=C(c3ccccc3)C(=O)N(CCc3ccc(OC)cc3)C2=O)CC1. The van der Waals surface area contributed by atoms with Gasteiger partial charge in [-0.25, -0.2) is 0 Å². The Hall–Kier alpha value is -3.12. The Balaban J connectivity index is 1.58. The Kier molecular flexibility index (Phi) is 6.37. The van der Waals surface area contributed by atoms with Gasteiger partial charge in [0, 0.05) is 32.7 Å². The summed E-state index contributed by atoms with van der Waals surface area (Å²) in [6.45, 7) is 6.81. The second kappa shape index (κ2) is 9.35. The van der Waals surface area contributed by atoms with Crippen LogP contribution in [-0.2, 0) is 16.0 Å². The van der Waals surface area contributed by atoms with Gasteiger partial charge in [0.25, 0.3) is 11.8 Å². The summed E-state index contributed by atoms with van der Waals surface area (Å²) in [5, 5.41) is 0. The molecule has 2 aliphatic rings. The average molecular weight is 420 g/mol. The smallest absolute Gasteiger partial charge is 0.277 e. The van der Waals surface area contributed by atoms with E-state index in [9.17, 15) is 9.59 Å². The maximum Gasteiger partial charge on any atom is 0.277 e. The van der Waals surface area contributed by atoms with Crippen molar-refractivity contribution in [2.45, 2.75) is 13.3 Å². The fourth-order valence-electron chi connectivity index (χ4n) is 4.25. The first-order valence-electron chi connectivity index (χ1n) is 10.9. The third kappa shape index (κ3) is 4.35. The highest BCUT2D eigenvalue weighted by molar-refractivity contribution is 6.35. The minimum Gasteiger partial charge on any atom is -0.497 e. The fraction of sp³-hybridized carbons (Fsp3) is 0.360. The minimum atomic E-state index is -0.197. The van der Waals surface area contributed by atoms with Crippen LogP contribution in [-0.4, -0.2) is 72.9 Å². The third-order valence-electron chi connectivity index (χ3n) is 6.12. The Morgan fingerprint density at radius 1 is 0.871 bits per heavy atom. The van der Waals surface area contributed by atoms with Crippen LogP contribution in [0.3, 0.4) is 0 Å². The number of ether oxygens (including phenoxy) is 1. The Morgan fingerprint density at radius 2 is 1.55 bits per heavy atom. The number of piperazine rings is 1. The number of benzene rings is 2. The van der Waals surface area contributed by atoms with Crippen molar-refractivity contribution in [3.8, 4) is 5.75 Å². The first kappa shape index (κ1) is 21.1. The zero-order valence-electron chi connectivity index (χ0n) is 18.2. The lowest BCUT2D eigenvalue weighted by Crippen LogP contribution is -2.47. The Labute approximate surface area is 183 Å². The molecule has 4 rings (SSSR count). The van der Waals surface area contributed by atoms with Gasteiger partial charge in [0.2, 0.25) is 0 Å². The number of nitrogens with zero attached hydrogens (tertiary/aromatic N) is 3. The second-order valence-electron chi connectivity index (χ2n) is 7.87. The standard InChI is InChI=1S/C25H29N3O3/c1-3-26-15-17-27(18-16-26)23-22(20-7-5-4-6-8-20)24(29)28(25(23)30)14-13-19-9-11-21(31-2)12-10-19/h4-12H,3,13-18H2,1-2H3. The molecule has 1 saturated heterocycles. The van der Waals surface area contributed by atoms with Gasteiger partial charge in [-0.15, -0.1) is 0 Å². The number of hydrogen-bond donors (Lipinski definition) is 0. The summed E-state index contributed by atoms with van der Waals surface area (Å²) in [6.07, 6.45) is 0.612. The van der Waals surface area contributed by atoms with Crippen LogP contribution in [0.1, 0.15) is 18.1 Å². The number of carbonyl (C=O) groups excluding carboxylic acids is 2. The number of rotatable bonds is 7. The highest BCUT2D eigenvalue weighted by atomic mass is 16.5. The van der Waals surface area contributed by atoms with Crippen molar-refractivity contribution in [2.24, 2.45) is 0 Å². The summed E-state index contributed by atoms with van der Waals surface area (Å²) in [5.74, 6) is 0.415. The molecular formula is C25H29N3O3. The van der Waals surface area contributed by atoms with E-state index in [0.29, 0.717) is 24.2 Å². The van der Waals surface area contributed by atoms with E-state index in [4.69, 9.17) is 4.74 Å². The molecule has 6 heteroatoms. The molecule has 0 N–H and O–H groups in total. The van der Waals surface area contributed by atoms with E-state index in [1.807, 2.05) is 54.6 Å². The predicted molar refractivity (Wildman–Crippen MR) is 120 cm³/mol. The molecule has 2 aromatic rings. The Morgan fingerprint density at radius 3 is 2.16 bits per heavy atom. The minimum absolute atomic E-state index is 0.178. The molecule has 31 heavy (non-hydrogen) atoms. The number of methoxy groups -OCH3 is 1. The zero-order chi connectivity index (χ0) is 21.8. The van der Waals surface area contributed by atoms with Crippen molar-refractivity contribution in [3.63, 3.8) is 0 Å². The summed E-state index contributed by atoms with van der Waals surface area (Å²) < 4.78 is 5.21. The Bertz CT molecular complexity index is 961. The molecule has 162 valence electrons. The summed E-state index contributed by atoms with van der Waals surface area (Å²) >= 11 is 0. The van der Waals surface area contributed by atoms with Gasteiger partial charge in [-0.3, -0.25) is 14.5 Å². The van der Waals surface area contributed by atoms with Crippen molar-refractivity contribution in [2.75, 3.05) is 46.4 Å². The van der Waals surface area contributed by atoms with Crippen LogP contribution in [0.4, 0.5) is 0 Å². The molecule has 0 saturated carbocycles. The molecule has 0 radical (unpaired) electrons. The lowest BCUT2D eigenvalue weighted by atomic mass is 10.0. The van der Waals surface area contributed by atoms with E-state index >= 15 is 0 Å². The molecule has 2 aliphatic heterocycles. The lowest BCUT2D eigenvalue weighted by molar-refractivity contribution is -0.137. The molecule has 2 heterocycles. The summed E-state index contributed by atoms with van der Waals surface area (Å²) in [4.78, 5) is 32.7. The molecule has 0 bridgehead atoms. The second-order valence-corrected chi connectivity index (χ2v) is 7.87. The van der Waals surface area contributed by atoms with Crippen LogP contribution in [0.15, 0.2) is 60.3 Å². The molecule has 0 unspecified atom stereocenters. The van der Waals surface area contributed by atoms with Crippen LogP contribution >= 0.6 is 0 Å². The highest BCUT2D eigenvalue weighted by Gasteiger charge is 2.41. The molecule has 0 atom stereocenters. The van der Waals surface area contributed by atoms with Gasteiger partial charge < -0.3 is 14.5 Å². The first-order chi connectivity index (χ1) is 15.1. The van der Waals surface area contributed by atoms with Gasteiger partial charge in [0.1, 0.15) is 11.4 Å². The number of likely N-dealkylation sites (N-methyl/N-ethyl adjacent to an activating group) is 1. The summed E-state index contributed by atoms with van der Waals surface area (Å²) in [5.41, 5.74) is 2.96. The largest absolute Gasteiger partial charge is 0.497 e. The topological polar surface area (TPSA) is 53.1 Å². The van der Waals surface area contributed by atoms with E-state index in [1.54, 1.807) is 7.11 Å². The number of amides is 2. The third-order valence-corrected chi connectivity index (χ3v) is 6.12. The predicted octanol–water partition coefficient (Wildman–Crippen LogP) is 2.66. The lowest BCUT2D eigenvalue weighted by Gasteiger charge is -2.36. The molecule has 2 amide bonds. The van der Waals surface area contributed by atoms with E-state index in [-0.39, 0.29) is 11.8 Å².